The standard InChI is InChI=1S/C20H19F5N4O/c21-19(22)5-3-11(4-6-19)7-15-17(20(23,24)25)28-16-9-12(8-14(10-26)29(15)16)18(30)27-13-1-2-13/h8-9,11,13H,1-7H2,(H,27,30). The highest BCUT2D eigenvalue weighted by Gasteiger charge is 2.41. The van der Waals surface area contributed by atoms with Gasteiger partial charge in [-0.3, -0.25) is 9.20 Å². The zero-order valence-corrected chi connectivity index (χ0v) is 15.9. The van der Waals surface area contributed by atoms with Gasteiger partial charge in [-0.2, -0.15) is 18.4 Å². The van der Waals surface area contributed by atoms with Gasteiger partial charge in [0.15, 0.2) is 5.69 Å². The Hall–Kier alpha value is -2.70. The highest BCUT2D eigenvalue weighted by Crippen LogP contribution is 2.40. The molecule has 2 fully saturated rings. The lowest BCUT2D eigenvalue weighted by atomic mass is 9.83. The molecular weight excluding hydrogens is 407 g/mol. The molecule has 0 aliphatic heterocycles. The third kappa shape index (κ3) is 4.11. The first-order valence-electron chi connectivity index (χ1n) is 9.79. The van der Waals surface area contributed by atoms with Crippen molar-refractivity contribution in [3.8, 4) is 6.07 Å². The van der Waals surface area contributed by atoms with Crippen molar-refractivity contribution in [2.75, 3.05) is 0 Å². The topological polar surface area (TPSA) is 70.2 Å². The molecule has 2 saturated carbocycles. The Morgan fingerprint density at radius 2 is 1.90 bits per heavy atom. The van der Waals surface area contributed by atoms with E-state index in [1.807, 2.05) is 6.07 Å². The third-order valence-electron chi connectivity index (χ3n) is 5.69. The van der Waals surface area contributed by atoms with E-state index >= 15 is 0 Å². The van der Waals surface area contributed by atoms with Crippen molar-refractivity contribution >= 4 is 11.6 Å². The third-order valence-corrected chi connectivity index (χ3v) is 5.69. The Labute approximate surface area is 168 Å². The maximum Gasteiger partial charge on any atom is 0.435 e. The van der Waals surface area contributed by atoms with E-state index < -0.39 is 23.7 Å². The summed E-state index contributed by atoms with van der Waals surface area (Å²) >= 11 is 0. The maximum absolute atomic E-state index is 13.7. The number of carbonyl (C=O) groups is 1. The Morgan fingerprint density at radius 3 is 2.47 bits per heavy atom. The molecule has 0 atom stereocenters. The van der Waals surface area contributed by atoms with Gasteiger partial charge in [0.05, 0.1) is 5.69 Å². The monoisotopic (exact) mass is 426 g/mol. The number of hydrogen-bond acceptors (Lipinski definition) is 3. The molecule has 1 amide bonds. The molecule has 0 radical (unpaired) electrons. The van der Waals surface area contributed by atoms with Crippen LogP contribution in [-0.2, 0) is 12.6 Å². The second kappa shape index (κ2) is 7.22. The van der Waals surface area contributed by atoms with E-state index in [0.717, 1.165) is 17.2 Å². The molecule has 2 aliphatic rings. The van der Waals surface area contributed by atoms with Crippen molar-refractivity contribution < 1.29 is 26.7 Å². The van der Waals surface area contributed by atoms with Crippen LogP contribution in [0.1, 0.15) is 66.0 Å². The fourth-order valence-corrected chi connectivity index (χ4v) is 3.93. The van der Waals surface area contributed by atoms with E-state index in [4.69, 9.17) is 0 Å². The number of nitriles is 1. The average molecular weight is 426 g/mol. The molecule has 10 heteroatoms. The van der Waals surface area contributed by atoms with E-state index in [1.165, 1.54) is 12.1 Å². The van der Waals surface area contributed by atoms with Gasteiger partial charge < -0.3 is 5.32 Å². The van der Waals surface area contributed by atoms with Crippen molar-refractivity contribution in [2.24, 2.45) is 5.92 Å². The molecule has 1 N–H and O–H groups in total. The minimum absolute atomic E-state index is 0.0460. The van der Waals surface area contributed by atoms with Gasteiger partial charge in [-0.15, -0.1) is 0 Å². The number of carbonyl (C=O) groups excluding carboxylic acids is 1. The number of aromatic nitrogens is 2. The van der Waals surface area contributed by atoms with Crippen LogP contribution in [-0.4, -0.2) is 27.3 Å². The van der Waals surface area contributed by atoms with Crippen molar-refractivity contribution in [1.82, 2.24) is 14.7 Å². The van der Waals surface area contributed by atoms with Crippen molar-refractivity contribution in [3.63, 3.8) is 0 Å². The number of hydrogen-bond donors (Lipinski definition) is 1. The largest absolute Gasteiger partial charge is 0.435 e. The number of pyridine rings is 1. The Morgan fingerprint density at radius 1 is 1.23 bits per heavy atom. The molecule has 0 saturated heterocycles. The zero-order valence-electron chi connectivity index (χ0n) is 15.9. The molecule has 2 aromatic rings. The van der Waals surface area contributed by atoms with Crippen LogP contribution in [0.5, 0.6) is 0 Å². The summed E-state index contributed by atoms with van der Waals surface area (Å²) in [5.41, 5.74) is -1.60. The first kappa shape index (κ1) is 20.6. The number of rotatable bonds is 4. The number of amides is 1. The second-order valence-corrected chi connectivity index (χ2v) is 8.09. The fraction of sp³-hybridized carbons (Fsp3) is 0.550. The molecule has 0 unspecified atom stereocenters. The first-order chi connectivity index (χ1) is 14.1. The molecule has 30 heavy (non-hydrogen) atoms. The minimum Gasteiger partial charge on any atom is -0.349 e. The van der Waals surface area contributed by atoms with Crippen LogP contribution >= 0.6 is 0 Å². The van der Waals surface area contributed by atoms with Gasteiger partial charge in [0.1, 0.15) is 17.4 Å². The van der Waals surface area contributed by atoms with Crippen molar-refractivity contribution in [2.45, 2.75) is 63.1 Å². The summed E-state index contributed by atoms with van der Waals surface area (Å²) in [5.74, 6) is -3.62. The predicted octanol–water partition coefficient (Wildman–Crippen LogP) is 4.48. The molecule has 0 spiro atoms. The van der Waals surface area contributed by atoms with Gasteiger partial charge in [-0.1, -0.05) is 0 Å². The summed E-state index contributed by atoms with van der Waals surface area (Å²) in [7, 11) is 0. The van der Waals surface area contributed by atoms with Crippen LogP contribution < -0.4 is 5.32 Å². The number of nitrogens with one attached hydrogen (secondary N) is 1. The van der Waals surface area contributed by atoms with Crippen LogP contribution in [0.3, 0.4) is 0 Å². The van der Waals surface area contributed by atoms with Crippen LogP contribution in [0.15, 0.2) is 12.1 Å². The molecule has 160 valence electrons. The first-order valence-corrected chi connectivity index (χ1v) is 9.79. The summed E-state index contributed by atoms with van der Waals surface area (Å²) in [6.07, 6.45) is -3.75. The van der Waals surface area contributed by atoms with Crippen LogP contribution in [0, 0.1) is 17.2 Å². The number of alkyl halides is 5. The van der Waals surface area contributed by atoms with Gasteiger partial charge in [0.25, 0.3) is 5.91 Å². The van der Waals surface area contributed by atoms with Crippen LogP contribution in [0.25, 0.3) is 5.65 Å². The lowest BCUT2D eigenvalue weighted by Crippen LogP contribution is -2.26. The van der Waals surface area contributed by atoms with E-state index in [2.05, 4.69) is 10.3 Å². The molecule has 0 bridgehead atoms. The zero-order chi connectivity index (χ0) is 21.7. The fourth-order valence-electron chi connectivity index (χ4n) is 3.93. The lowest BCUT2D eigenvalue weighted by Gasteiger charge is -2.28. The second-order valence-electron chi connectivity index (χ2n) is 8.09. The predicted molar refractivity (Wildman–Crippen MR) is 96.0 cm³/mol. The molecule has 4 rings (SSSR count). The van der Waals surface area contributed by atoms with E-state index in [1.54, 1.807) is 0 Å². The van der Waals surface area contributed by atoms with Crippen molar-refractivity contribution in [1.29, 1.82) is 5.26 Å². The summed E-state index contributed by atoms with van der Waals surface area (Å²) in [6.45, 7) is 0. The number of halogens is 5. The van der Waals surface area contributed by atoms with Crippen LogP contribution in [0.4, 0.5) is 22.0 Å². The molecule has 2 heterocycles. The molecular formula is C20H19F5N4O. The SMILES string of the molecule is N#Cc1cc(C(=O)NC2CC2)cc2nc(C(F)(F)F)c(CC3CCC(F)(F)CC3)n12. The highest BCUT2D eigenvalue weighted by atomic mass is 19.4. The molecule has 5 nitrogen and oxygen atoms in total. The molecule has 0 aromatic carbocycles. The number of imidazole rings is 1. The average Bonchev–Trinajstić information content (AvgIpc) is 3.40. The summed E-state index contributed by atoms with van der Waals surface area (Å²) in [5, 5.41) is 12.3. The van der Waals surface area contributed by atoms with Gasteiger partial charge >= 0.3 is 6.18 Å². The van der Waals surface area contributed by atoms with Gasteiger partial charge in [0, 0.05) is 24.4 Å². The van der Waals surface area contributed by atoms with Gasteiger partial charge in [-0.25, -0.2) is 13.8 Å². The summed E-state index contributed by atoms with van der Waals surface area (Å²) in [6, 6.07) is 4.36. The Balaban J connectivity index is 1.75. The Bertz CT molecular complexity index is 1020. The van der Waals surface area contributed by atoms with E-state index in [-0.39, 0.29) is 66.7 Å². The lowest BCUT2D eigenvalue weighted by molar-refractivity contribution is -0.141. The summed E-state index contributed by atoms with van der Waals surface area (Å²) in [4.78, 5) is 16.0. The number of fused-ring (bicyclic) bond motifs is 1. The van der Waals surface area contributed by atoms with Gasteiger partial charge in [-0.05, 0) is 50.2 Å². The Kier molecular flexibility index (Phi) is 4.95. The van der Waals surface area contributed by atoms with E-state index in [9.17, 15) is 32.0 Å². The van der Waals surface area contributed by atoms with E-state index in [0.29, 0.717) is 0 Å². The number of nitrogens with zero attached hydrogens (tertiary/aromatic N) is 3. The van der Waals surface area contributed by atoms with Crippen molar-refractivity contribution in [3.05, 3.63) is 34.8 Å². The smallest absolute Gasteiger partial charge is 0.349 e. The quantitative estimate of drug-likeness (QED) is 0.733. The maximum atomic E-state index is 13.7. The normalized spacial score (nSPS) is 19.6. The van der Waals surface area contributed by atoms with Crippen LogP contribution in [0.2, 0.25) is 0 Å². The minimum atomic E-state index is -4.77. The molecule has 2 aliphatic carbocycles. The summed E-state index contributed by atoms with van der Waals surface area (Å²) < 4.78 is 69.0. The highest BCUT2D eigenvalue weighted by molar-refractivity contribution is 5.95. The van der Waals surface area contributed by atoms with Gasteiger partial charge in [0.2, 0.25) is 5.92 Å². The molecule has 2 aromatic heterocycles.